The third-order valence-corrected chi connectivity index (χ3v) is 5.08. The summed E-state index contributed by atoms with van der Waals surface area (Å²) in [5.41, 5.74) is 0.692. The molecule has 2 aliphatic heterocycles. The number of piperidine rings is 1. The van der Waals surface area contributed by atoms with Crippen LogP contribution in [0.3, 0.4) is 0 Å². The van der Waals surface area contributed by atoms with Gasteiger partial charge >= 0.3 is 6.09 Å². The molecule has 0 spiro atoms. The number of pyridine rings is 1. The molecular weight excluding hydrogens is 380 g/mol. The van der Waals surface area contributed by atoms with Gasteiger partial charge in [-0.1, -0.05) is 11.6 Å². The summed E-state index contributed by atoms with van der Waals surface area (Å²) in [7, 11) is 0. The molecule has 0 bridgehead atoms. The van der Waals surface area contributed by atoms with E-state index in [2.05, 4.69) is 26.2 Å². The van der Waals surface area contributed by atoms with Crippen molar-refractivity contribution in [3.05, 3.63) is 22.8 Å². The minimum absolute atomic E-state index is 0.123. The van der Waals surface area contributed by atoms with E-state index in [1.54, 1.807) is 0 Å². The predicted octanol–water partition coefficient (Wildman–Crippen LogP) is 3.06. The number of hydrogen-bond acceptors (Lipinski definition) is 6. The minimum atomic E-state index is -0.480. The van der Waals surface area contributed by atoms with E-state index in [0.717, 1.165) is 64.6 Å². The van der Waals surface area contributed by atoms with Crippen LogP contribution in [0.25, 0.3) is 0 Å². The lowest BCUT2D eigenvalue weighted by Crippen LogP contribution is -2.46. The van der Waals surface area contributed by atoms with Crippen LogP contribution < -0.4 is 10.2 Å². The Kier molecular flexibility index (Phi) is 7.01. The maximum absolute atomic E-state index is 12.0. The average Bonchev–Trinajstić information content (AvgIpc) is 2.61. The SMILES string of the molecule is CC(C)(C)OC(=O)NC1CCN(c2cc(CN3CCOCC3)cc(Cl)n2)CC1. The molecule has 2 aliphatic rings. The Labute approximate surface area is 172 Å². The third kappa shape index (κ3) is 6.50. The van der Waals surface area contributed by atoms with E-state index in [1.165, 1.54) is 5.56 Å². The fourth-order valence-electron chi connectivity index (χ4n) is 3.53. The van der Waals surface area contributed by atoms with E-state index in [1.807, 2.05) is 26.8 Å². The van der Waals surface area contributed by atoms with E-state index >= 15 is 0 Å². The molecule has 1 aromatic rings. The number of aromatic nitrogens is 1. The Morgan fingerprint density at radius 3 is 2.57 bits per heavy atom. The van der Waals surface area contributed by atoms with Gasteiger partial charge < -0.3 is 19.7 Å². The minimum Gasteiger partial charge on any atom is -0.444 e. The second kappa shape index (κ2) is 9.29. The Morgan fingerprint density at radius 2 is 1.93 bits per heavy atom. The lowest BCUT2D eigenvalue weighted by Gasteiger charge is -2.34. The van der Waals surface area contributed by atoms with Crippen molar-refractivity contribution >= 4 is 23.5 Å². The number of hydrogen-bond donors (Lipinski definition) is 1. The smallest absolute Gasteiger partial charge is 0.407 e. The zero-order valence-electron chi connectivity index (χ0n) is 17.0. The maximum atomic E-state index is 12.0. The number of ether oxygens (including phenoxy) is 2. The largest absolute Gasteiger partial charge is 0.444 e. The Balaban J connectivity index is 1.54. The third-order valence-electron chi connectivity index (χ3n) is 4.89. The molecule has 3 rings (SSSR count). The number of carbonyl (C=O) groups is 1. The Bertz CT molecular complexity index is 666. The summed E-state index contributed by atoms with van der Waals surface area (Å²) in [6, 6.07) is 4.19. The summed E-state index contributed by atoms with van der Waals surface area (Å²) in [6.45, 7) is 11.6. The first-order valence-corrected chi connectivity index (χ1v) is 10.4. The number of morpholine rings is 1. The molecular formula is C20H31ClN4O3. The molecule has 1 aromatic heterocycles. The first-order chi connectivity index (χ1) is 13.3. The highest BCUT2D eigenvalue weighted by atomic mass is 35.5. The molecule has 7 nitrogen and oxygen atoms in total. The summed E-state index contributed by atoms with van der Waals surface area (Å²) in [4.78, 5) is 21.1. The van der Waals surface area contributed by atoms with Gasteiger partial charge in [0.05, 0.1) is 13.2 Å². The van der Waals surface area contributed by atoms with Crippen molar-refractivity contribution in [3.63, 3.8) is 0 Å². The van der Waals surface area contributed by atoms with Crippen molar-refractivity contribution in [2.45, 2.75) is 51.8 Å². The zero-order valence-corrected chi connectivity index (χ0v) is 17.8. The number of amides is 1. The number of rotatable bonds is 4. The van der Waals surface area contributed by atoms with Crippen molar-refractivity contribution in [2.24, 2.45) is 0 Å². The molecule has 0 saturated carbocycles. The van der Waals surface area contributed by atoms with Gasteiger partial charge in [0.1, 0.15) is 16.6 Å². The van der Waals surface area contributed by atoms with Crippen LogP contribution in [0.2, 0.25) is 5.15 Å². The molecule has 0 unspecified atom stereocenters. The lowest BCUT2D eigenvalue weighted by atomic mass is 10.1. The van der Waals surface area contributed by atoms with Crippen LogP contribution in [0.1, 0.15) is 39.2 Å². The van der Waals surface area contributed by atoms with Crippen LogP contribution in [0, 0.1) is 0 Å². The van der Waals surface area contributed by atoms with Crippen LogP contribution in [-0.4, -0.2) is 67.0 Å². The van der Waals surface area contributed by atoms with Crippen LogP contribution in [0.15, 0.2) is 12.1 Å². The predicted molar refractivity (Wildman–Crippen MR) is 110 cm³/mol. The first-order valence-electron chi connectivity index (χ1n) is 9.99. The fraction of sp³-hybridized carbons (Fsp3) is 0.700. The van der Waals surface area contributed by atoms with E-state index in [-0.39, 0.29) is 12.1 Å². The summed E-state index contributed by atoms with van der Waals surface area (Å²) in [5.74, 6) is 0.909. The van der Waals surface area contributed by atoms with E-state index in [4.69, 9.17) is 21.1 Å². The number of nitrogens with one attached hydrogen (secondary N) is 1. The molecule has 2 saturated heterocycles. The number of carbonyl (C=O) groups excluding carboxylic acids is 1. The van der Waals surface area contributed by atoms with Gasteiger partial charge in [-0.05, 0) is 51.3 Å². The number of nitrogens with zero attached hydrogens (tertiary/aromatic N) is 3. The molecule has 0 aliphatic carbocycles. The Morgan fingerprint density at radius 1 is 1.25 bits per heavy atom. The lowest BCUT2D eigenvalue weighted by molar-refractivity contribution is 0.0342. The number of anilines is 1. The van der Waals surface area contributed by atoms with Crippen molar-refractivity contribution < 1.29 is 14.3 Å². The summed E-state index contributed by atoms with van der Waals surface area (Å²) in [5, 5.41) is 3.49. The molecule has 1 N–H and O–H groups in total. The highest BCUT2D eigenvalue weighted by molar-refractivity contribution is 6.29. The average molecular weight is 411 g/mol. The monoisotopic (exact) mass is 410 g/mol. The van der Waals surface area contributed by atoms with Crippen molar-refractivity contribution in [3.8, 4) is 0 Å². The molecule has 2 fully saturated rings. The van der Waals surface area contributed by atoms with Crippen LogP contribution >= 0.6 is 11.6 Å². The van der Waals surface area contributed by atoms with Gasteiger partial charge in [0.25, 0.3) is 0 Å². The van der Waals surface area contributed by atoms with Gasteiger partial charge in [-0.15, -0.1) is 0 Å². The molecule has 0 radical (unpaired) electrons. The van der Waals surface area contributed by atoms with Gasteiger partial charge in [-0.3, -0.25) is 4.90 Å². The molecule has 28 heavy (non-hydrogen) atoms. The fourth-order valence-corrected chi connectivity index (χ4v) is 3.76. The standard InChI is InChI=1S/C20H31ClN4O3/c1-20(2,3)28-19(26)22-16-4-6-25(7-5-16)18-13-15(12-17(21)23-18)14-24-8-10-27-11-9-24/h12-13,16H,4-11,14H2,1-3H3,(H,22,26). The molecule has 0 atom stereocenters. The van der Waals surface area contributed by atoms with Crippen molar-refractivity contribution in [1.29, 1.82) is 0 Å². The maximum Gasteiger partial charge on any atom is 0.407 e. The summed E-state index contributed by atoms with van der Waals surface area (Å²) in [6.07, 6.45) is 1.36. The van der Waals surface area contributed by atoms with E-state index in [9.17, 15) is 4.79 Å². The summed E-state index contributed by atoms with van der Waals surface area (Å²) >= 11 is 6.29. The van der Waals surface area contributed by atoms with Crippen LogP contribution in [-0.2, 0) is 16.0 Å². The summed E-state index contributed by atoms with van der Waals surface area (Å²) < 4.78 is 10.8. The van der Waals surface area contributed by atoms with Gasteiger partial charge in [-0.25, -0.2) is 9.78 Å². The van der Waals surface area contributed by atoms with Crippen LogP contribution in [0.5, 0.6) is 0 Å². The van der Waals surface area contributed by atoms with Crippen molar-refractivity contribution in [1.82, 2.24) is 15.2 Å². The van der Waals surface area contributed by atoms with Gasteiger partial charge in [0.15, 0.2) is 0 Å². The first kappa shape index (κ1) is 21.1. The van der Waals surface area contributed by atoms with Gasteiger partial charge in [0, 0.05) is 38.8 Å². The second-order valence-electron chi connectivity index (χ2n) is 8.45. The topological polar surface area (TPSA) is 66.9 Å². The van der Waals surface area contributed by atoms with Crippen molar-refractivity contribution in [2.75, 3.05) is 44.3 Å². The zero-order chi connectivity index (χ0) is 20.1. The Hall–Kier alpha value is -1.57. The molecule has 1 amide bonds. The number of alkyl carbamates (subject to hydrolysis) is 1. The van der Waals surface area contributed by atoms with Gasteiger partial charge in [0.2, 0.25) is 0 Å². The van der Waals surface area contributed by atoms with E-state index in [0.29, 0.717) is 5.15 Å². The molecule has 8 heteroatoms. The normalized spacial score (nSPS) is 19.5. The van der Waals surface area contributed by atoms with Crippen LogP contribution in [0.4, 0.5) is 10.6 Å². The van der Waals surface area contributed by atoms with Gasteiger partial charge in [-0.2, -0.15) is 0 Å². The molecule has 0 aromatic carbocycles. The second-order valence-corrected chi connectivity index (χ2v) is 8.84. The quantitative estimate of drug-likeness (QED) is 0.769. The molecule has 156 valence electrons. The molecule has 3 heterocycles. The van der Waals surface area contributed by atoms with E-state index < -0.39 is 5.60 Å². The number of halogens is 1. The highest BCUT2D eigenvalue weighted by Crippen LogP contribution is 2.23. The highest BCUT2D eigenvalue weighted by Gasteiger charge is 2.24.